The molecule has 0 atom stereocenters. The van der Waals surface area contributed by atoms with Gasteiger partial charge in [0.15, 0.2) is 10.8 Å². The standard InChI is InChI=1S/C12H13N7OS/c1-13-8-6-18-5-4-14-9(18)10(15-8)21-12-17-16-11(20)19(12)7-2-3-7/h4-7,13H,2-3H2,1H3,(H,16,20). The molecule has 0 unspecified atom stereocenters. The summed E-state index contributed by atoms with van der Waals surface area (Å²) in [5.41, 5.74) is 0.584. The highest BCUT2D eigenvalue weighted by Crippen LogP contribution is 2.38. The van der Waals surface area contributed by atoms with Crippen molar-refractivity contribution in [2.75, 3.05) is 12.4 Å². The Balaban J connectivity index is 1.80. The number of aromatic nitrogens is 6. The molecule has 4 rings (SSSR count). The molecule has 1 aliphatic carbocycles. The fraction of sp³-hybridized carbons (Fsp3) is 0.333. The lowest BCUT2D eigenvalue weighted by atomic mass is 10.6. The molecular formula is C12H13N7OS. The van der Waals surface area contributed by atoms with E-state index in [2.05, 4.69) is 25.5 Å². The molecule has 0 bridgehead atoms. The number of hydrogen-bond donors (Lipinski definition) is 2. The molecule has 0 aliphatic heterocycles. The van der Waals surface area contributed by atoms with E-state index in [4.69, 9.17) is 0 Å². The quantitative estimate of drug-likeness (QED) is 0.751. The Labute approximate surface area is 123 Å². The molecule has 3 aromatic rings. The highest BCUT2D eigenvalue weighted by atomic mass is 32.2. The maximum atomic E-state index is 11.8. The molecule has 8 nitrogen and oxygen atoms in total. The van der Waals surface area contributed by atoms with Gasteiger partial charge in [-0.15, -0.1) is 5.10 Å². The number of fused-ring (bicyclic) bond motifs is 1. The molecule has 2 N–H and O–H groups in total. The van der Waals surface area contributed by atoms with E-state index in [9.17, 15) is 4.79 Å². The fourth-order valence-electron chi connectivity index (χ4n) is 2.20. The van der Waals surface area contributed by atoms with Crippen molar-refractivity contribution < 1.29 is 0 Å². The smallest absolute Gasteiger partial charge is 0.344 e. The average Bonchev–Trinajstić information content (AvgIpc) is 3.08. The van der Waals surface area contributed by atoms with Crippen molar-refractivity contribution in [3.63, 3.8) is 0 Å². The molecule has 9 heteroatoms. The van der Waals surface area contributed by atoms with Crippen molar-refractivity contribution >= 4 is 23.2 Å². The summed E-state index contributed by atoms with van der Waals surface area (Å²) in [6, 6.07) is 0.266. The van der Waals surface area contributed by atoms with Gasteiger partial charge in [-0.1, -0.05) is 0 Å². The predicted octanol–water partition coefficient (Wildman–Crippen LogP) is 1.14. The largest absolute Gasteiger partial charge is 0.372 e. The first kappa shape index (κ1) is 12.5. The number of hydrogen-bond acceptors (Lipinski definition) is 6. The topological polar surface area (TPSA) is 92.9 Å². The van der Waals surface area contributed by atoms with Crippen LogP contribution in [0, 0.1) is 0 Å². The van der Waals surface area contributed by atoms with Gasteiger partial charge >= 0.3 is 5.69 Å². The van der Waals surface area contributed by atoms with E-state index in [1.807, 2.05) is 23.8 Å². The van der Waals surface area contributed by atoms with Gasteiger partial charge in [0.25, 0.3) is 0 Å². The zero-order chi connectivity index (χ0) is 14.4. The summed E-state index contributed by atoms with van der Waals surface area (Å²) in [5, 5.41) is 11.0. The van der Waals surface area contributed by atoms with Gasteiger partial charge in [-0.2, -0.15) is 0 Å². The van der Waals surface area contributed by atoms with Gasteiger partial charge in [-0.3, -0.25) is 4.57 Å². The minimum Gasteiger partial charge on any atom is -0.372 e. The summed E-state index contributed by atoms with van der Waals surface area (Å²) in [4.78, 5) is 20.7. The minimum atomic E-state index is -0.163. The Bertz CT molecular complexity index is 860. The van der Waals surface area contributed by atoms with Crippen molar-refractivity contribution in [1.82, 2.24) is 29.1 Å². The van der Waals surface area contributed by atoms with Gasteiger partial charge in [0.05, 0.1) is 6.20 Å². The summed E-state index contributed by atoms with van der Waals surface area (Å²) in [6.45, 7) is 0. The van der Waals surface area contributed by atoms with Gasteiger partial charge in [-0.05, 0) is 24.6 Å². The predicted molar refractivity (Wildman–Crippen MR) is 77.8 cm³/mol. The summed E-state index contributed by atoms with van der Waals surface area (Å²) < 4.78 is 3.60. The third-order valence-corrected chi connectivity index (χ3v) is 4.31. The van der Waals surface area contributed by atoms with E-state index in [0.29, 0.717) is 10.2 Å². The minimum absolute atomic E-state index is 0.163. The maximum Gasteiger partial charge on any atom is 0.344 e. The van der Waals surface area contributed by atoms with Gasteiger partial charge in [0, 0.05) is 25.5 Å². The van der Waals surface area contributed by atoms with E-state index >= 15 is 0 Å². The molecule has 0 amide bonds. The average molecular weight is 303 g/mol. The van der Waals surface area contributed by atoms with Crippen LogP contribution in [0.1, 0.15) is 18.9 Å². The van der Waals surface area contributed by atoms with E-state index in [1.165, 1.54) is 11.8 Å². The number of imidazole rings is 1. The monoisotopic (exact) mass is 303 g/mol. The molecule has 3 heterocycles. The first-order valence-corrected chi connectivity index (χ1v) is 7.44. The number of anilines is 1. The highest BCUT2D eigenvalue weighted by molar-refractivity contribution is 7.99. The molecule has 1 fully saturated rings. The Morgan fingerprint density at radius 2 is 2.33 bits per heavy atom. The molecule has 21 heavy (non-hydrogen) atoms. The summed E-state index contributed by atoms with van der Waals surface area (Å²) in [6.07, 6.45) is 7.50. The van der Waals surface area contributed by atoms with Crippen molar-refractivity contribution in [3.05, 3.63) is 29.1 Å². The van der Waals surface area contributed by atoms with Crippen LogP contribution >= 0.6 is 11.8 Å². The first-order chi connectivity index (χ1) is 10.3. The third kappa shape index (κ3) is 2.09. The molecule has 108 valence electrons. The SMILES string of the molecule is CNc1cn2ccnc2c(Sc2n[nH]c(=O)n2C2CC2)n1. The molecule has 0 saturated heterocycles. The second-order valence-electron chi connectivity index (χ2n) is 4.85. The number of rotatable bonds is 4. The lowest BCUT2D eigenvalue weighted by Crippen LogP contribution is -2.16. The molecule has 3 aromatic heterocycles. The molecular weight excluding hydrogens is 290 g/mol. The van der Waals surface area contributed by atoms with Crippen LogP contribution in [0.3, 0.4) is 0 Å². The highest BCUT2D eigenvalue weighted by Gasteiger charge is 2.29. The number of H-pyrrole nitrogens is 1. The van der Waals surface area contributed by atoms with Gasteiger partial charge in [0.2, 0.25) is 0 Å². The number of nitrogens with one attached hydrogen (secondary N) is 2. The van der Waals surface area contributed by atoms with Crippen LogP contribution in [0.4, 0.5) is 5.82 Å². The maximum absolute atomic E-state index is 11.8. The van der Waals surface area contributed by atoms with Gasteiger partial charge in [0.1, 0.15) is 10.8 Å². The normalized spacial score (nSPS) is 14.7. The van der Waals surface area contributed by atoms with Crippen LogP contribution in [-0.2, 0) is 0 Å². The van der Waals surface area contributed by atoms with Crippen molar-refractivity contribution in [2.45, 2.75) is 29.1 Å². The van der Waals surface area contributed by atoms with E-state index in [0.717, 1.165) is 24.3 Å². The number of nitrogens with zero attached hydrogens (tertiary/aromatic N) is 5. The second-order valence-corrected chi connectivity index (χ2v) is 5.81. The summed E-state index contributed by atoms with van der Waals surface area (Å²) in [5.74, 6) is 0.735. The molecule has 0 aromatic carbocycles. The van der Waals surface area contributed by atoms with Crippen LogP contribution in [-0.4, -0.2) is 36.2 Å². The van der Waals surface area contributed by atoms with Crippen molar-refractivity contribution in [1.29, 1.82) is 0 Å². The van der Waals surface area contributed by atoms with Gasteiger partial charge < -0.3 is 9.72 Å². The molecule has 1 saturated carbocycles. The number of aromatic amines is 1. The van der Waals surface area contributed by atoms with Crippen LogP contribution in [0.2, 0.25) is 0 Å². The van der Waals surface area contributed by atoms with Crippen LogP contribution in [0.5, 0.6) is 0 Å². The Kier molecular flexibility index (Phi) is 2.74. The van der Waals surface area contributed by atoms with E-state index in [-0.39, 0.29) is 11.7 Å². The third-order valence-electron chi connectivity index (χ3n) is 3.37. The van der Waals surface area contributed by atoms with Crippen molar-refractivity contribution in [3.8, 4) is 0 Å². The lowest BCUT2D eigenvalue weighted by molar-refractivity contribution is 0.642. The van der Waals surface area contributed by atoms with Crippen LogP contribution in [0.25, 0.3) is 5.65 Å². The zero-order valence-electron chi connectivity index (χ0n) is 11.3. The van der Waals surface area contributed by atoms with Crippen molar-refractivity contribution in [2.24, 2.45) is 0 Å². The van der Waals surface area contributed by atoms with Crippen LogP contribution < -0.4 is 11.0 Å². The zero-order valence-corrected chi connectivity index (χ0v) is 12.1. The Hall–Kier alpha value is -2.29. The van der Waals surface area contributed by atoms with Gasteiger partial charge in [-0.25, -0.2) is 19.9 Å². The molecule has 0 spiro atoms. The Morgan fingerprint density at radius 3 is 3.10 bits per heavy atom. The Morgan fingerprint density at radius 1 is 1.48 bits per heavy atom. The summed E-state index contributed by atoms with van der Waals surface area (Å²) in [7, 11) is 1.81. The van der Waals surface area contributed by atoms with E-state index < -0.39 is 0 Å². The van der Waals surface area contributed by atoms with E-state index in [1.54, 1.807) is 10.8 Å². The first-order valence-electron chi connectivity index (χ1n) is 6.62. The molecule has 1 aliphatic rings. The second kappa shape index (κ2) is 4.62. The fourth-order valence-corrected chi connectivity index (χ4v) is 3.18. The van der Waals surface area contributed by atoms with Crippen LogP contribution in [0.15, 0.2) is 33.6 Å². The molecule has 0 radical (unpaired) electrons. The lowest BCUT2D eigenvalue weighted by Gasteiger charge is -2.07. The summed E-state index contributed by atoms with van der Waals surface area (Å²) >= 11 is 1.35.